The molecule has 1 aliphatic carbocycles. The predicted molar refractivity (Wildman–Crippen MR) is 106 cm³/mol. The summed E-state index contributed by atoms with van der Waals surface area (Å²) in [7, 11) is 0. The maximum absolute atomic E-state index is 5.48. The minimum Gasteiger partial charge on any atom is -0.379 e. The van der Waals surface area contributed by atoms with E-state index in [0.717, 1.165) is 55.1 Å². The minimum atomic E-state index is 0.761. The summed E-state index contributed by atoms with van der Waals surface area (Å²) in [6, 6.07) is 9.23. The van der Waals surface area contributed by atoms with E-state index in [1.807, 2.05) is 6.20 Å². The van der Waals surface area contributed by atoms with E-state index in [0.29, 0.717) is 0 Å². The topological polar surface area (TPSA) is 37.4 Å². The zero-order chi connectivity index (χ0) is 17.1. The average Bonchev–Trinajstić information content (AvgIpc) is 2.67. The van der Waals surface area contributed by atoms with Gasteiger partial charge in [-0.2, -0.15) is 0 Å². The summed E-state index contributed by atoms with van der Waals surface area (Å²) in [6.07, 6.45) is 7.23. The van der Waals surface area contributed by atoms with E-state index < -0.39 is 0 Å². The van der Waals surface area contributed by atoms with Gasteiger partial charge in [0.15, 0.2) is 0 Å². The summed E-state index contributed by atoms with van der Waals surface area (Å²) in [5.74, 6) is 1.75. The molecule has 1 saturated heterocycles. The molecule has 0 radical (unpaired) electrons. The van der Waals surface area contributed by atoms with E-state index in [4.69, 9.17) is 4.74 Å². The second-order valence-electron chi connectivity index (χ2n) is 7.26. The second-order valence-corrected chi connectivity index (χ2v) is 8.18. The molecule has 0 atom stereocenters. The van der Waals surface area contributed by atoms with Crippen molar-refractivity contribution in [2.75, 3.05) is 38.2 Å². The highest BCUT2D eigenvalue weighted by atomic mass is 79.9. The van der Waals surface area contributed by atoms with Crippen molar-refractivity contribution in [2.24, 2.45) is 5.92 Å². The lowest BCUT2D eigenvalue weighted by molar-refractivity contribution is 0.00539. The molecule has 1 aromatic heterocycles. The van der Waals surface area contributed by atoms with Crippen molar-refractivity contribution in [1.82, 2.24) is 9.88 Å². The van der Waals surface area contributed by atoms with Crippen LogP contribution in [0.2, 0.25) is 0 Å². The maximum Gasteiger partial charge on any atom is 0.126 e. The Morgan fingerprint density at radius 2 is 1.88 bits per heavy atom. The van der Waals surface area contributed by atoms with Gasteiger partial charge in [-0.3, -0.25) is 4.90 Å². The van der Waals surface area contributed by atoms with Gasteiger partial charge < -0.3 is 10.1 Å². The van der Waals surface area contributed by atoms with Gasteiger partial charge in [-0.1, -0.05) is 22.0 Å². The molecule has 1 N–H and O–H groups in total. The molecule has 2 aliphatic rings. The molecule has 134 valence electrons. The van der Waals surface area contributed by atoms with Crippen molar-refractivity contribution in [3.8, 4) is 0 Å². The van der Waals surface area contributed by atoms with E-state index in [-0.39, 0.29) is 0 Å². The van der Waals surface area contributed by atoms with Crippen LogP contribution >= 0.6 is 15.9 Å². The number of anilines is 1. The fourth-order valence-electron chi connectivity index (χ4n) is 4.11. The van der Waals surface area contributed by atoms with E-state index in [9.17, 15) is 0 Å². The molecule has 1 aliphatic heterocycles. The second kappa shape index (κ2) is 8.02. The van der Waals surface area contributed by atoms with Crippen LogP contribution < -0.4 is 5.32 Å². The Kier molecular flexibility index (Phi) is 5.54. The lowest BCUT2D eigenvalue weighted by atomic mass is 9.85. The fourth-order valence-corrected chi connectivity index (χ4v) is 4.49. The van der Waals surface area contributed by atoms with Crippen LogP contribution in [0.3, 0.4) is 0 Å². The molecule has 1 saturated carbocycles. The zero-order valence-corrected chi connectivity index (χ0v) is 16.2. The largest absolute Gasteiger partial charge is 0.379 e. The van der Waals surface area contributed by atoms with Gasteiger partial charge in [0.05, 0.1) is 13.2 Å². The normalized spacial score (nSPS) is 25.2. The third kappa shape index (κ3) is 4.33. The van der Waals surface area contributed by atoms with Crippen molar-refractivity contribution >= 4 is 32.5 Å². The van der Waals surface area contributed by atoms with Crippen molar-refractivity contribution in [3.63, 3.8) is 0 Å². The molecule has 0 amide bonds. The zero-order valence-electron chi connectivity index (χ0n) is 14.6. The van der Waals surface area contributed by atoms with Gasteiger partial charge in [0.2, 0.25) is 0 Å². The van der Waals surface area contributed by atoms with Crippen LogP contribution in [0, 0.1) is 5.92 Å². The Labute approximate surface area is 158 Å². The molecule has 2 fully saturated rings. The van der Waals surface area contributed by atoms with E-state index in [1.54, 1.807) is 0 Å². The van der Waals surface area contributed by atoms with Crippen molar-refractivity contribution in [3.05, 3.63) is 34.9 Å². The Balaban J connectivity index is 1.29. The first-order valence-corrected chi connectivity index (χ1v) is 10.2. The van der Waals surface area contributed by atoms with Crippen LogP contribution in [0.5, 0.6) is 0 Å². The third-order valence-corrected chi connectivity index (χ3v) is 6.13. The summed E-state index contributed by atoms with van der Waals surface area (Å²) in [6.45, 7) is 5.08. The van der Waals surface area contributed by atoms with Crippen molar-refractivity contribution < 1.29 is 4.74 Å². The molecular weight excluding hydrogens is 378 g/mol. The van der Waals surface area contributed by atoms with Crippen LogP contribution in [0.4, 0.5) is 5.82 Å². The van der Waals surface area contributed by atoms with Gasteiger partial charge in [-0.25, -0.2) is 4.98 Å². The number of hydrogen-bond donors (Lipinski definition) is 1. The van der Waals surface area contributed by atoms with Crippen LogP contribution in [-0.4, -0.2) is 48.8 Å². The predicted octanol–water partition coefficient (Wildman–Crippen LogP) is 4.30. The molecule has 5 heteroatoms. The van der Waals surface area contributed by atoms with E-state index >= 15 is 0 Å². The summed E-state index contributed by atoms with van der Waals surface area (Å²) in [5.41, 5.74) is 0. The summed E-state index contributed by atoms with van der Waals surface area (Å²) in [5, 5.41) is 5.97. The monoisotopic (exact) mass is 403 g/mol. The fraction of sp³-hybridized carbons (Fsp3) is 0.550. The Bertz CT molecular complexity index is 709. The number of nitrogens with one attached hydrogen (secondary N) is 1. The Morgan fingerprint density at radius 1 is 1.08 bits per heavy atom. The summed E-state index contributed by atoms with van der Waals surface area (Å²) in [4.78, 5) is 7.20. The Morgan fingerprint density at radius 3 is 2.68 bits per heavy atom. The number of pyridine rings is 1. The number of morpholine rings is 1. The van der Waals surface area contributed by atoms with Gasteiger partial charge in [0, 0.05) is 41.7 Å². The molecule has 1 aromatic carbocycles. The van der Waals surface area contributed by atoms with Gasteiger partial charge >= 0.3 is 0 Å². The van der Waals surface area contributed by atoms with Crippen LogP contribution in [0.1, 0.15) is 25.7 Å². The smallest absolute Gasteiger partial charge is 0.126 e. The number of aromatic nitrogens is 1. The number of fused-ring (bicyclic) bond motifs is 1. The van der Waals surface area contributed by atoms with Crippen molar-refractivity contribution in [2.45, 2.75) is 31.7 Å². The molecular formula is C20H26BrN3O. The van der Waals surface area contributed by atoms with Crippen LogP contribution in [0.15, 0.2) is 34.9 Å². The van der Waals surface area contributed by atoms with Gasteiger partial charge in [-0.15, -0.1) is 0 Å². The van der Waals surface area contributed by atoms with Gasteiger partial charge in [0.1, 0.15) is 5.82 Å². The number of ether oxygens (including phenoxy) is 1. The lowest BCUT2D eigenvalue weighted by Gasteiger charge is -2.38. The molecule has 0 spiro atoms. The number of rotatable bonds is 4. The maximum atomic E-state index is 5.48. The molecule has 4 rings (SSSR count). The standard InChI is InChI=1S/C20H26BrN3O/c21-18-4-3-16-14-23-20(12-17(16)11-18)22-13-15-1-5-19(6-2-15)24-7-9-25-10-8-24/h3-4,11-12,14-15,19H,1-2,5-10,13H2,(H,22,23). The first-order chi connectivity index (χ1) is 12.3. The number of nitrogens with zero attached hydrogens (tertiary/aromatic N) is 2. The van der Waals surface area contributed by atoms with Crippen LogP contribution in [0.25, 0.3) is 10.8 Å². The SMILES string of the molecule is Brc1ccc2cnc(NCC3CCC(N4CCOCC4)CC3)cc2c1. The minimum absolute atomic E-state index is 0.761. The van der Waals surface area contributed by atoms with Crippen LogP contribution in [-0.2, 0) is 4.74 Å². The third-order valence-electron chi connectivity index (χ3n) is 5.63. The molecule has 0 bridgehead atoms. The van der Waals surface area contributed by atoms with Crippen molar-refractivity contribution in [1.29, 1.82) is 0 Å². The molecule has 0 unspecified atom stereocenters. The van der Waals surface area contributed by atoms with Gasteiger partial charge in [0.25, 0.3) is 0 Å². The quantitative estimate of drug-likeness (QED) is 0.825. The molecule has 25 heavy (non-hydrogen) atoms. The Hall–Kier alpha value is -1.17. The number of benzene rings is 1. The number of halogens is 1. The first-order valence-electron chi connectivity index (χ1n) is 9.39. The molecule has 4 nitrogen and oxygen atoms in total. The number of hydrogen-bond acceptors (Lipinski definition) is 4. The molecule has 2 aromatic rings. The lowest BCUT2D eigenvalue weighted by Crippen LogP contribution is -2.45. The van der Waals surface area contributed by atoms with E-state index in [2.05, 4.69) is 55.4 Å². The highest BCUT2D eigenvalue weighted by Crippen LogP contribution is 2.28. The van der Waals surface area contributed by atoms with E-state index in [1.165, 1.54) is 36.5 Å². The average molecular weight is 404 g/mol. The highest BCUT2D eigenvalue weighted by Gasteiger charge is 2.26. The first kappa shape index (κ1) is 17.3. The van der Waals surface area contributed by atoms with Gasteiger partial charge in [-0.05, 0) is 55.2 Å². The summed E-state index contributed by atoms with van der Waals surface area (Å²) < 4.78 is 6.59. The summed E-state index contributed by atoms with van der Waals surface area (Å²) >= 11 is 3.54. The molecule has 2 heterocycles. The highest BCUT2D eigenvalue weighted by molar-refractivity contribution is 9.10.